The first-order valence-corrected chi connectivity index (χ1v) is 10.6. The summed E-state index contributed by atoms with van der Waals surface area (Å²) in [4.78, 5) is 12.7. The summed E-state index contributed by atoms with van der Waals surface area (Å²) in [6.45, 7) is 4.87. The van der Waals surface area contributed by atoms with E-state index in [1.165, 1.54) is 21.1 Å². The molecule has 0 radical (unpaired) electrons. The van der Waals surface area contributed by atoms with Gasteiger partial charge >= 0.3 is 0 Å². The van der Waals surface area contributed by atoms with E-state index in [1.807, 2.05) is 24.3 Å². The average molecular weight is 407 g/mol. The first kappa shape index (κ1) is 20.2. The van der Waals surface area contributed by atoms with E-state index in [4.69, 9.17) is 9.47 Å². The molecule has 1 atom stereocenters. The van der Waals surface area contributed by atoms with Crippen LogP contribution in [0.2, 0.25) is 0 Å². The molecule has 0 saturated carbocycles. The van der Waals surface area contributed by atoms with E-state index >= 15 is 0 Å². The number of rotatable bonds is 7. The first-order chi connectivity index (χ1) is 13.4. The second-order valence-electron chi connectivity index (χ2n) is 6.47. The van der Waals surface area contributed by atoms with Crippen molar-refractivity contribution < 1.29 is 22.7 Å². The fraction of sp³-hybridized carbons (Fsp3) is 0.421. The topological polar surface area (TPSA) is 89.9 Å². The van der Waals surface area contributed by atoms with Gasteiger partial charge in [-0.3, -0.25) is 4.79 Å². The van der Waals surface area contributed by atoms with E-state index in [-0.39, 0.29) is 29.1 Å². The number of aryl methyl sites for hydroxylation is 1. The lowest BCUT2D eigenvalue weighted by molar-refractivity contribution is 0.0784. The molecule has 1 N–H and O–H groups in total. The van der Waals surface area contributed by atoms with Crippen LogP contribution < -0.4 is 14.8 Å². The number of carbonyl (C=O) groups is 1. The second-order valence-corrected chi connectivity index (χ2v) is 8.41. The fourth-order valence-corrected chi connectivity index (χ4v) is 4.60. The van der Waals surface area contributed by atoms with E-state index < -0.39 is 10.0 Å². The molecule has 1 amide bonds. The third-order valence-electron chi connectivity index (χ3n) is 4.61. The number of sulfonamides is 1. The number of aromatic nitrogens is 1. The third-order valence-corrected chi connectivity index (χ3v) is 6.63. The number of nitrogens with one attached hydrogen (secondary N) is 1. The van der Waals surface area contributed by atoms with Crippen molar-refractivity contribution in [2.75, 3.05) is 26.2 Å². The van der Waals surface area contributed by atoms with Gasteiger partial charge in [-0.05, 0) is 18.2 Å². The molecule has 28 heavy (non-hydrogen) atoms. The molecule has 0 aliphatic carbocycles. The Labute approximate surface area is 165 Å². The van der Waals surface area contributed by atoms with E-state index in [9.17, 15) is 13.2 Å². The first-order valence-electron chi connectivity index (χ1n) is 9.20. The summed E-state index contributed by atoms with van der Waals surface area (Å²) in [5.41, 5.74) is 0.267. The highest BCUT2D eigenvalue weighted by atomic mass is 32.2. The Hall–Kier alpha value is -2.52. The molecule has 1 aliphatic rings. The maximum Gasteiger partial charge on any atom is 0.268 e. The highest BCUT2D eigenvalue weighted by molar-refractivity contribution is 7.89. The number of para-hydroxylation sites is 2. The van der Waals surface area contributed by atoms with Gasteiger partial charge in [-0.25, -0.2) is 8.42 Å². The summed E-state index contributed by atoms with van der Waals surface area (Å²) in [6.07, 6.45) is 1.14. The van der Waals surface area contributed by atoms with Crippen molar-refractivity contribution in [1.82, 2.24) is 14.2 Å². The quantitative estimate of drug-likeness (QED) is 0.753. The van der Waals surface area contributed by atoms with Crippen LogP contribution in [0.5, 0.6) is 11.5 Å². The summed E-state index contributed by atoms with van der Waals surface area (Å²) in [7, 11) is -1.97. The molecular weight excluding hydrogens is 382 g/mol. The molecule has 0 unspecified atom stereocenters. The van der Waals surface area contributed by atoms with Crippen molar-refractivity contribution >= 4 is 15.9 Å². The van der Waals surface area contributed by atoms with Crippen molar-refractivity contribution in [2.24, 2.45) is 7.05 Å². The molecular formula is C19H25N3O5S. The fourth-order valence-electron chi connectivity index (χ4n) is 3.07. The zero-order valence-electron chi connectivity index (χ0n) is 16.2. The van der Waals surface area contributed by atoms with Crippen molar-refractivity contribution in [3.8, 4) is 11.5 Å². The third kappa shape index (κ3) is 4.00. The summed E-state index contributed by atoms with van der Waals surface area (Å²) < 4.78 is 39.6. The van der Waals surface area contributed by atoms with Gasteiger partial charge in [0, 0.05) is 26.3 Å². The Kier molecular flexibility index (Phi) is 5.95. The van der Waals surface area contributed by atoms with Gasteiger partial charge in [0.05, 0.1) is 6.54 Å². The second kappa shape index (κ2) is 8.24. The molecule has 0 saturated heterocycles. The standard InChI is InChI=1S/C19H25N3O5S/c1-4-22(5-2)28(24,25)15-10-16(21(3)12-15)19(23)20-11-14-13-26-17-8-6-7-9-18(17)27-14/h6-10,12,14H,4-5,11,13H2,1-3H3,(H,20,23)/t14-/m1/s1. The zero-order valence-corrected chi connectivity index (χ0v) is 17.0. The average Bonchev–Trinajstić information content (AvgIpc) is 3.09. The van der Waals surface area contributed by atoms with Crippen molar-refractivity contribution in [1.29, 1.82) is 0 Å². The summed E-state index contributed by atoms with van der Waals surface area (Å²) in [5.74, 6) is 0.948. The van der Waals surface area contributed by atoms with E-state index in [2.05, 4.69) is 5.32 Å². The van der Waals surface area contributed by atoms with Crippen LogP contribution in [0.1, 0.15) is 24.3 Å². The van der Waals surface area contributed by atoms with Crippen LogP contribution >= 0.6 is 0 Å². The Morgan fingerprint density at radius 1 is 1.25 bits per heavy atom. The van der Waals surface area contributed by atoms with E-state index in [0.29, 0.717) is 31.2 Å². The van der Waals surface area contributed by atoms with Gasteiger partial charge in [0.15, 0.2) is 11.5 Å². The number of ether oxygens (including phenoxy) is 2. The molecule has 2 heterocycles. The SMILES string of the molecule is CCN(CC)S(=O)(=O)c1cc(C(=O)NC[C@@H]2COc3ccccc3O2)n(C)c1. The minimum atomic E-state index is -3.62. The highest BCUT2D eigenvalue weighted by Gasteiger charge is 2.26. The van der Waals surface area contributed by atoms with Crippen LogP contribution in [0.15, 0.2) is 41.4 Å². The van der Waals surface area contributed by atoms with Gasteiger partial charge in [0.2, 0.25) is 10.0 Å². The Morgan fingerprint density at radius 2 is 1.93 bits per heavy atom. The largest absolute Gasteiger partial charge is 0.486 e. The molecule has 8 nitrogen and oxygen atoms in total. The molecule has 9 heteroatoms. The van der Waals surface area contributed by atoms with Gasteiger partial charge in [-0.15, -0.1) is 0 Å². The van der Waals surface area contributed by atoms with Crippen LogP contribution in [-0.4, -0.2) is 55.5 Å². The molecule has 0 bridgehead atoms. The lowest BCUT2D eigenvalue weighted by Gasteiger charge is -2.26. The van der Waals surface area contributed by atoms with E-state index in [0.717, 1.165) is 0 Å². The smallest absolute Gasteiger partial charge is 0.268 e. The maximum atomic E-state index is 12.6. The minimum Gasteiger partial charge on any atom is -0.486 e. The van der Waals surface area contributed by atoms with Crippen LogP contribution in [0, 0.1) is 0 Å². The van der Waals surface area contributed by atoms with Gasteiger partial charge in [-0.1, -0.05) is 26.0 Å². The van der Waals surface area contributed by atoms with Crippen molar-refractivity contribution in [2.45, 2.75) is 24.8 Å². The lowest BCUT2D eigenvalue weighted by Crippen LogP contribution is -2.41. The lowest BCUT2D eigenvalue weighted by atomic mass is 10.2. The van der Waals surface area contributed by atoms with Gasteiger partial charge in [0.25, 0.3) is 5.91 Å². The number of amides is 1. The molecule has 1 aromatic heterocycles. The minimum absolute atomic E-state index is 0.107. The van der Waals surface area contributed by atoms with Crippen LogP contribution in [-0.2, 0) is 17.1 Å². The van der Waals surface area contributed by atoms with Gasteiger partial charge in [0.1, 0.15) is 23.3 Å². The van der Waals surface area contributed by atoms with Gasteiger partial charge in [-0.2, -0.15) is 4.31 Å². The molecule has 1 aromatic carbocycles. The molecule has 1 aliphatic heterocycles. The summed E-state index contributed by atoms with van der Waals surface area (Å²) in [5, 5.41) is 2.79. The number of fused-ring (bicyclic) bond motifs is 1. The maximum absolute atomic E-state index is 12.6. The monoisotopic (exact) mass is 407 g/mol. The Bertz CT molecular complexity index is 950. The summed E-state index contributed by atoms with van der Waals surface area (Å²) >= 11 is 0. The van der Waals surface area contributed by atoms with E-state index in [1.54, 1.807) is 20.9 Å². The Morgan fingerprint density at radius 3 is 2.61 bits per heavy atom. The van der Waals surface area contributed by atoms with Crippen molar-refractivity contribution in [3.05, 3.63) is 42.2 Å². The predicted molar refractivity (Wildman–Crippen MR) is 104 cm³/mol. The number of hydrogen-bond acceptors (Lipinski definition) is 5. The zero-order chi connectivity index (χ0) is 20.3. The van der Waals surface area contributed by atoms with Crippen LogP contribution in [0.25, 0.3) is 0 Å². The Balaban J connectivity index is 1.66. The van der Waals surface area contributed by atoms with Crippen LogP contribution in [0.4, 0.5) is 0 Å². The number of carbonyl (C=O) groups excluding carboxylic acids is 1. The number of benzene rings is 1. The molecule has 0 spiro atoms. The van der Waals surface area contributed by atoms with Crippen molar-refractivity contribution in [3.63, 3.8) is 0 Å². The van der Waals surface area contributed by atoms with Gasteiger partial charge < -0.3 is 19.4 Å². The number of nitrogens with zero attached hydrogens (tertiary/aromatic N) is 2. The normalized spacial score (nSPS) is 16.2. The molecule has 0 fully saturated rings. The summed E-state index contributed by atoms with van der Waals surface area (Å²) in [6, 6.07) is 8.75. The van der Waals surface area contributed by atoms with Crippen LogP contribution in [0.3, 0.4) is 0 Å². The highest BCUT2D eigenvalue weighted by Crippen LogP contribution is 2.30. The predicted octanol–water partition coefficient (Wildman–Crippen LogP) is 1.63. The molecule has 2 aromatic rings. The molecule has 3 rings (SSSR count). The number of hydrogen-bond donors (Lipinski definition) is 1. The molecule has 152 valence electrons.